The summed E-state index contributed by atoms with van der Waals surface area (Å²) in [5, 5.41) is 3.18. The van der Waals surface area contributed by atoms with Gasteiger partial charge in [0.1, 0.15) is 0 Å². The van der Waals surface area contributed by atoms with Gasteiger partial charge in [0.05, 0.1) is 17.6 Å². The normalized spacial score (nSPS) is 22.8. The van der Waals surface area contributed by atoms with Crippen molar-refractivity contribution < 1.29 is 17.9 Å². The molecule has 0 bridgehead atoms. The SMILES string of the molecule is COC(=O)c1cccc(S(=O)(=O)NC2CNCCC2C)c1. The number of nitrogens with one attached hydrogen (secondary N) is 2. The molecule has 0 spiro atoms. The van der Waals surface area contributed by atoms with E-state index in [1.807, 2.05) is 6.92 Å². The molecule has 1 aliphatic heterocycles. The van der Waals surface area contributed by atoms with Crippen LogP contribution in [0, 0.1) is 5.92 Å². The Morgan fingerprint density at radius 3 is 2.86 bits per heavy atom. The second kappa shape index (κ2) is 6.55. The molecule has 0 saturated carbocycles. The van der Waals surface area contributed by atoms with Crippen molar-refractivity contribution in [2.75, 3.05) is 20.2 Å². The molecule has 6 nitrogen and oxygen atoms in total. The number of methoxy groups -OCH3 is 1. The zero-order valence-electron chi connectivity index (χ0n) is 12.1. The fraction of sp³-hybridized carbons (Fsp3) is 0.500. The maximum absolute atomic E-state index is 12.4. The molecule has 1 aliphatic rings. The molecule has 0 radical (unpaired) electrons. The Balaban J connectivity index is 2.21. The van der Waals surface area contributed by atoms with E-state index in [4.69, 9.17) is 0 Å². The summed E-state index contributed by atoms with van der Waals surface area (Å²) in [7, 11) is -2.39. The van der Waals surface area contributed by atoms with Crippen molar-refractivity contribution in [1.82, 2.24) is 10.0 Å². The van der Waals surface area contributed by atoms with Crippen molar-refractivity contribution in [1.29, 1.82) is 0 Å². The Morgan fingerprint density at radius 1 is 1.43 bits per heavy atom. The Morgan fingerprint density at radius 2 is 2.19 bits per heavy atom. The van der Waals surface area contributed by atoms with E-state index in [1.54, 1.807) is 0 Å². The molecule has 1 aromatic carbocycles. The van der Waals surface area contributed by atoms with Gasteiger partial charge in [-0.25, -0.2) is 17.9 Å². The van der Waals surface area contributed by atoms with Gasteiger partial charge in [0.2, 0.25) is 10.0 Å². The van der Waals surface area contributed by atoms with Crippen LogP contribution in [0.3, 0.4) is 0 Å². The molecule has 2 rings (SSSR count). The average Bonchev–Trinajstić information content (AvgIpc) is 2.49. The molecule has 7 heteroatoms. The Kier molecular flexibility index (Phi) is 4.97. The summed E-state index contributed by atoms with van der Waals surface area (Å²) in [4.78, 5) is 11.6. The zero-order chi connectivity index (χ0) is 15.5. The third-order valence-corrected chi connectivity index (χ3v) is 5.19. The van der Waals surface area contributed by atoms with Crippen LogP contribution < -0.4 is 10.0 Å². The molecule has 21 heavy (non-hydrogen) atoms. The van der Waals surface area contributed by atoms with Crippen LogP contribution in [0.25, 0.3) is 0 Å². The van der Waals surface area contributed by atoms with Crippen molar-refractivity contribution in [2.45, 2.75) is 24.3 Å². The average molecular weight is 312 g/mol. The highest BCUT2D eigenvalue weighted by molar-refractivity contribution is 7.89. The third kappa shape index (κ3) is 3.81. The number of esters is 1. The van der Waals surface area contributed by atoms with Gasteiger partial charge in [0.15, 0.2) is 0 Å². The lowest BCUT2D eigenvalue weighted by atomic mass is 9.96. The summed E-state index contributed by atoms with van der Waals surface area (Å²) in [6.07, 6.45) is 0.926. The van der Waals surface area contributed by atoms with E-state index in [0.29, 0.717) is 6.54 Å². The minimum Gasteiger partial charge on any atom is -0.465 e. The highest BCUT2D eigenvalue weighted by atomic mass is 32.2. The Labute approximate surface area is 124 Å². The summed E-state index contributed by atoms with van der Waals surface area (Å²) in [6, 6.07) is 5.70. The first-order valence-electron chi connectivity index (χ1n) is 6.85. The van der Waals surface area contributed by atoms with Gasteiger partial charge < -0.3 is 10.1 Å². The predicted molar refractivity (Wildman–Crippen MR) is 78.5 cm³/mol. The van der Waals surface area contributed by atoms with Gasteiger partial charge in [-0.1, -0.05) is 13.0 Å². The fourth-order valence-corrected chi connectivity index (χ4v) is 3.71. The van der Waals surface area contributed by atoms with E-state index in [-0.39, 0.29) is 22.4 Å². The largest absolute Gasteiger partial charge is 0.465 e. The number of rotatable bonds is 4. The van der Waals surface area contributed by atoms with Gasteiger partial charge in [-0.2, -0.15) is 0 Å². The first-order chi connectivity index (χ1) is 9.94. The molecule has 0 amide bonds. The molecule has 2 atom stereocenters. The molecule has 0 aromatic heterocycles. The van der Waals surface area contributed by atoms with Crippen molar-refractivity contribution in [3.63, 3.8) is 0 Å². The summed E-state index contributed by atoms with van der Waals surface area (Å²) >= 11 is 0. The molecule has 116 valence electrons. The fourth-order valence-electron chi connectivity index (χ4n) is 2.32. The quantitative estimate of drug-likeness (QED) is 0.802. The zero-order valence-corrected chi connectivity index (χ0v) is 12.9. The molecule has 1 fully saturated rings. The standard InChI is InChI=1S/C14H20N2O4S/c1-10-6-7-15-9-13(10)16-21(18,19)12-5-3-4-11(8-12)14(17)20-2/h3-5,8,10,13,15-16H,6-7,9H2,1-2H3. The first-order valence-corrected chi connectivity index (χ1v) is 8.34. The molecule has 2 unspecified atom stereocenters. The lowest BCUT2D eigenvalue weighted by Crippen LogP contribution is -2.50. The maximum Gasteiger partial charge on any atom is 0.337 e. The van der Waals surface area contributed by atoms with E-state index in [1.165, 1.54) is 31.4 Å². The first kappa shape index (κ1) is 15.9. The highest BCUT2D eigenvalue weighted by Gasteiger charge is 2.27. The van der Waals surface area contributed by atoms with E-state index in [2.05, 4.69) is 14.8 Å². The van der Waals surface area contributed by atoms with Gasteiger partial charge in [0, 0.05) is 12.6 Å². The maximum atomic E-state index is 12.4. The van der Waals surface area contributed by atoms with E-state index in [9.17, 15) is 13.2 Å². The van der Waals surface area contributed by atoms with Crippen LogP contribution in [0.4, 0.5) is 0 Å². The Hall–Kier alpha value is -1.44. The summed E-state index contributed by atoms with van der Waals surface area (Å²) in [5.41, 5.74) is 0.218. The number of sulfonamides is 1. The molecule has 2 N–H and O–H groups in total. The van der Waals surface area contributed by atoms with Crippen LogP contribution in [-0.2, 0) is 14.8 Å². The molecule has 1 aromatic rings. The monoisotopic (exact) mass is 312 g/mol. The third-order valence-electron chi connectivity index (χ3n) is 3.70. The Bertz CT molecular complexity index is 615. The van der Waals surface area contributed by atoms with Crippen molar-refractivity contribution >= 4 is 16.0 Å². The number of hydrogen-bond acceptors (Lipinski definition) is 5. The van der Waals surface area contributed by atoms with Gasteiger partial charge in [-0.15, -0.1) is 0 Å². The van der Waals surface area contributed by atoms with Gasteiger partial charge >= 0.3 is 5.97 Å². The van der Waals surface area contributed by atoms with Crippen molar-refractivity contribution in [3.8, 4) is 0 Å². The number of hydrogen-bond donors (Lipinski definition) is 2. The number of carbonyl (C=O) groups is 1. The van der Waals surface area contributed by atoms with Crippen LogP contribution in [0.1, 0.15) is 23.7 Å². The second-order valence-electron chi connectivity index (χ2n) is 5.22. The smallest absolute Gasteiger partial charge is 0.337 e. The van der Waals surface area contributed by atoms with Crippen molar-refractivity contribution in [2.24, 2.45) is 5.92 Å². The number of carbonyl (C=O) groups excluding carboxylic acids is 1. The van der Waals surface area contributed by atoms with Crippen LogP contribution in [0.5, 0.6) is 0 Å². The number of piperidine rings is 1. The second-order valence-corrected chi connectivity index (χ2v) is 6.93. The minimum atomic E-state index is -3.65. The summed E-state index contributed by atoms with van der Waals surface area (Å²) < 4.78 is 32.1. The summed E-state index contributed by atoms with van der Waals surface area (Å²) in [6.45, 7) is 3.53. The van der Waals surface area contributed by atoms with E-state index in [0.717, 1.165) is 13.0 Å². The van der Waals surface area contributed by atoms with E-state index >= 15 is 0 Å². The molecule has 1 saturated heterocycles. The van der Waals surface area contributed by atoms with Crippen LogP contribution in [-0.4, -0.2) is 40.6 Å². The lowest BCUT2D eigenvalue weighted by Gasteiger charge is -2.30. The number of ether oxygens (including phenoxy) is 1. The van der Waals surface area contributed by atoms with Crippen LogP contribution in [0.15, 0.2) is 29.2 Å². The molecular formula is C14H20N2O4S. The molecular weight excluding hydrogens is 292 g/mol. The molecule has 1 heterocycles. The molecule has 0 aliphatic carbocycles. The van der Waals surface area contributed by atoms with E-state index < -0.39 is 16.0 Å². The van der Waals surface area contributed by atoms with Gasteiger partial charge in [0.25, 0.3) is 0 Å². The van der Waals surface area contributed by atoms with Crippen LogP contribution in [0.2, 0.25) is 0 Å². The van der Waals surface area contributed by atoms with Crippen LogP contribution >= 0.6 is 0 Å². The van der Waals surface area contributed by atoms with Gasteiger partial charge in [-0.05, 0) is 37.1 Å². The highest BCUT2D eigenvalue weighted by Crippen LogP contribution is 2.17. The van der Waals surface area contributed by atoms with Gasteiger partial charge in [-0.3, -0.25) is 0 Å². The topological polar surface area (TPSA) is 84.5 Å². The minimum absolute atomic E-state index is 0.0724. The predicted octanol–water partition coefficient (Wildman–Crippen LogP) is 0.749. The van der Waals surface area contributed by atoms with Crippen molar-refractivity contribution in [3.05, 3.63) is 29.8 Å². The lowest BCUT2D eigenvalue weighted by molar-refractivity contribution is 0.0600. The summed E-state index contributed by atoms with van der Waals surface area (Å²) in [5.74, 6) is -0.287. The number of benzene rings is 1.